The molecule has 0 saturated carbocycles. The quantitative estimate of drug-likeness (QED) is 0.641. The molecule has 0 radical (unpaired) electrons. The van der Waals surface area contributed by atoms with E-state index in [1.165, 1.54) is 36.0 Å². The standard InChI is InChI=1S/C27H34BNO2/c1-26(2)27(3,4)31-28(30-26)23-15-13-21(14-16-23)22-17-24-11-8-12-25(18-22)29(24)19-20-9-6-5-7-10-20/h5-7,9-10,13-17,24-25H,8,11-12,18-19H2,1-4H3. The molecule has 0 spiro atoms. The van der Waals surface area contributed by atoms with E-state index in [1.54, 1.807) is 0 Å². The fourth-order valence-corrected chi connectivity index (χ4v) is 5.21. The Kier molecular flexibility index (Phi) is 5.36. The van der Waals surface area contributed by atoms with Crippen molar-refractivity contribution in [3.63, 3.8) is 0 Å². The summed E-state index contributed by atoms with van der Waals surface area (Å²) in [6, 6.07) is 21.0. The Morgan fingerprint density at radius 2 is 1.58 bits per heavy atom. The minimum atomic E-state index is -0.304. The van der Waals surface area contributed by atoms with Gasteiger partial charge >= 0.3 is 7.12 Å². The maximum absolute atomic E-state index is 6.22. The van der Waals surface area contributed by atoms with Gasteiger partial charge in [-0.25, -0.2) is 0 Å². The second-order valence-corrected chi connectivity index (χ2v) is 10.4. The van der Waals surface area contributed by atoms with E-state index >= 15 is 0 Å². The van der Waals surface area contributed by atoms with E-state index in [4.69, 9.17) is 9.31 Å². The molecule has 0 aromatic heterocycles. The molecule has 2 saturated heterocycles. The van der Waals surface area contributed by atoms with Crippen molar-refractivity contribution in [2.75, 3.05) is 0 Å². The number of hydrogen-bond donors (Lipinski definition) is 0. The van der Waals surface area contributed by atoms with Crippen LogP contribution in [0.1, 0.15) is 64.5 Å². The molecule has 2 fully saturated rings. The topological polar surface area (TPSA) is 21.7 Å². The van der Waals surface area contributed by atoms with Crippen LogP contribution in [-0.4, -0.2) is 35.3 Å². The highest BCUT2D eigenvalue weighted by atomic mass is 16.7. The van der Waals surface area contributed by atoms with Gasteiger partial charge in [0.2, 0.25) is 0 Å². The highest BCUT2D eigenvalue weighted by Crippen LogP contribution is 2.39. The number of piperidine rings is 1. The van der Waals surface area contributed by atoms with E-state index in [2.05, 4.69) is 93.3 Å². The summed E-state index contributed by atoms with van der Waals surface area (Å²) in [6.07, 6.45) is 7.57. The summed E-state index contributed by atoms with van der Waals surface area (Å²) in [4.78, 5) is 2.72. The van der Waals surface area contributed by atoms with Gasteiger partial charge in [0.1, 0.15) is 0 Å². The van der Waals surface area contributed by atoms with Crippen molar-refractivity contribution in [3.05, 3.63) is 71.8 Å². The fourth-order valence-electron chi connectivity index (χ4n) is 5.21. The van der Waals surface area contributed by atoms with E-state index in [9.17, 15) is 0 Å². The average molecular weight is 415 g/mol. The van der Waals surface area contributed by atoms with Gasteiger partial charge in [0.05, 0.1) is 11.2 Å². The van der Waals surface area contributed by atoms with E-state index < -0.39 is 0 Å². The molecule has 2 aromatic carbocycles. The highest BCUT2D eigenvalue weighted by Gasteiger charge is 2.51. The van der Waals surface area contributed by atoms with E-state index in [1.807, 2.05) is 0 Å². The number of hydrogen-bond acceptors (Lipinski definition) is 3. The van der Waals surface area contributed by atoms with Crippen LogP contribution in [0.15, 0.2) is 60.7 Å². The first-order chi connectivity index (χ1) is 14.8. The number of benzene rings is 2. The molecule has 3 heterocycles. The lowest BCUT2D eigenvalue weighted by Crippen LogP contribution is -2.47. The molecular formula is C27H34BNO2. The first kappa shape index (κ1) is 21.0. The first-order valence-corrected chi connectivity index (χ1v) is 11.8. The molecular weight excluding hydrogens is 381 g/mol. The normalized spacial score (nSPS) is 27.2. The molecule has 2 unspecified atom stereocenters. The van der Waals surface area contributed by atoms with Gasteiger partial charge in [-0.3, -0.25) is 4.90 Å². The smallest absolute Gasteiger partial charge is 0.399 e. The van der Waals surface area contributed by atoms with Crippen LogP contribution in [0.5, 0.6) is 0 Å². The summed E-state index contributed by atoms with van der Waals surface area (Å²) in [5, 5.41) is 0. The third-order valence-electron chi connectivity index (χ3n) is 7.80. The van der Waals surface area contributed by atoms with Crippen molar-refractivity contribution >= 4 is 18.2 Å². The molecule has 4 heteroatoms. The molecule has 2 bridgehead atoms. The van der Waals surface area contributed by atoms with E-state index in [-0.39, 0.29) is 18.3 Å². The second kappa shape index (κ2) is 7.92. The minimum Gasteiger partial charge on any atom is -0.399 e. The van der Waals surface area contributed by atoms with Crippen molar-refractivity contribution in [2.45, 2.75) is 83.2 Å². The lowest BCUT2D eigenvalue weighted by atomic mass is 9.77. The summed E-state index contributed by atoms with van der Waals surface area (Å²) in [7, 11) is -0.292. The zero-order valence-electron chi connectivity index (χ0n) is 19.3. The Hall–Kier alpha value is -1.88. The van der Waals surface area contributed by atoms with Gasteiger partial charge in [-0.15, -0.1) is 0 Å². The zero-order valence-corrected chi connectivity index (χ0v) is 19.3. The van der Waals surface area contributed by atoms with Crippen LogP contribution in [0.4, 0.5) is 0 Å². The van der Waals surface area contributed by atoms with Gasteiger partial charge in [0, 0.05) is 18.6 Å². The molecule has 3 nitrogen and oxygen atoms in total. The number of rotatable bonds is 4. The lowest BCUT2D eigenvalue weighted by molar-refractivity contribution is 0.00578. The third kappa shape index (κ3) is 4.02. The first-order valence-electron chi connectivity index (χ1n) is 11.8. The minimum absolute atomic E-state index is 0.292. The largest absolute Gasteiger partial charge is 0.494 e. The van der Waals surface area contributed by atoms with Gasteiger partial charge in [0.15, 0.2) is 0 Å². The lowest BCUT2D eigenvalue weighted by Gasteiger charge is -2.45. The number of fused-ring (bicyclic) bond motifs is 2. The van der Waals surface area contributed by atoms with Crippen molar-refractivity contribution in [1.82, 2.24) is 4.90 Å². The van der Waals surface area contributed by atoms with Gasteiger partial charge in [0.25, 0.3) is 0 Å². The van der Waals surface area contributed by atoms with Crippen LogP contribution in [0.25, 0.3) is 5.57 Å². The Balaban J connectivity index is 1.33. The second-order valence-electron chi connectivity index (χ2n) is 10.4. The van der Waals surface area contributed by atoms with Crippen molar-refractivity contribution in [1.29, 1.82) is 0 Å². The highest BCUT2D eigenvalue weighted by molar-refractivity contribution is 6.62. The molecule has 2 aromatic rings. The molecule has 5 rings (SSSR count). The zero-order chi connectivity index (χ0) is 21.6. The predicted molar refractivity (Wildman–Crippen MR) is 128 cm³/mol. The molecule has 0 aliphatic carbocycles. The monoisotopic (exact) mass is 415 g/mol. The summed E-state index contributed by atoms with van der Waals surface area (Å²) >= 11 is 0. The maximum atomic E-state index is 6.22. The van der Waals surface area contributed by atoms with Crippen LogP contribution in [-0.2, 0) is 15.9 Å². The molecule has 0 N–H and O–H groups in total. The average Bonchev–Trinajstić information content (AvgIpc) is 2.96. The third-order valence-corrected chi connectivity index (χ3v) is 7.80. The fraction of sp³-hybridized carbons (Fsp3) is 0.481. The van der Waals surface area contributed by atoms with Crippen LogP contribution in [0.2, 0.25) is 0 Å². The van der Waals surface area contributed by atoms with Gasteiger partial charge in [-0.05, 0) is 69.1 Å². The Morgan fingerprint density at radius 1 is 0.903 bits per heavy atom. The van der Waals surface area contributed by atoms with Crippen LogP contribution >= 0.6 is 0 Å². The van der Waals surface area contributed by atoms with Crippen molar-refractivity contribution < 1.29 is 9.31 Å². The SMILES string of the molecule is CC1(C)OB(c2ccc(C3=CC4CCCC(C3)N4Cc3ccccc3)cc2)OC1(C)C. The molecule has 2 atom stereocenters. The Bertz CT molecular complexity index is 935. The van der Waals surface area contributed by atoms with Crippen molar-refractivity contribution in [3.8, 4) is 0 Å². The maximum Gasteiger partial charge on any atom is 0.494 e. The van der Waals surface area contributed by atoms with E-state index in [0.29, 0.717) is 12.1 Å². The molecule has 162 valence electrons. The molecule has 31 heavy (non-hydrogen) atoms. The van der Waals surface area contributed by atoms with Gasteiger partial charge < -0.3 is 9.31 Å². The summed E-state index contributed by atoms with van der Waals surface area (Å²) < 4.78 is 12.4. The molecule has 3 aliphatic heterocycles. The number of nitrogens with zero attached hydrogens (tertiary/aromatic N) is 1. The summed E-state index contributed by atoms with van der Waals surface area (Å²) in [5.41, 5.74) is 4.76. The van der Waals surface area contributed by atoms with Crippen molar-refractivity contribution in [2.24, 2.45) is 0 Å². The Labute approximate surface area is 187 Å². The summed E-state index contributed by atoms with van der Waals surface area (Å²) in [5.74, 6) is 0. The van der Waals surface area contributed by atoms with Crippen LogP contribution < -0.4 is 5.46 Å². The van der Waals surface area contributed by atoms with Gasteiger partial charge in [-0.2, -0.15) is 0 Å². The van der Waals surface area contributed by atoms with Gasteiger partial charge in [-0.1, -0.05) is 67.1 Å². The van der Waals surface area contributed by atoms with E-state index in [0.717, 1.165) is 18.4 Å². The summed E-state index contributed by atoms with van der Waals surface area (Å²) in [6.45, 7) is 9.48. The van der Waals surface area contributed by atoms with Crippen LogP contribution in [0, 0.1) is 0 Å². The molecule has 3 aliphatic rings. The predicted octanol–water partition coefficient (Wildman–Crippen LogP) is 5.20. The van der Waals surface area contributed by atoms with Crippen LogP contribution in [0.3, 0.4) is 0 Å². The Morgan fingerprint density at radius 3 is 2.23 bits per heavy atom. The molecule has 0 amide bonds.